The van der Waals surface area contributed by atoms with Crippen molar-refractivity contribution in [2.75, 3.05) is 11.9 Å². The summed E-state index contributed by atoms with van der Waals surface area (Å²) in [6, 6.07) is 7.72. The summed E-state index contributed by atoms with van der Waals surface area (Å²) in [5.41, 5.74) is 1.38. The molecule has 0 aliphatic carbocycles. The fourth-order valence-corrected chi connectivity index (χ4v) is 2.48. The zero-order valence-electron chi connectivity index (χ0n) is 11.6. The summed E-state index contributed by atoms with van der Waals surface area (Å²) >= 11 is 0. The van der Waals surface area contributed by atoms with Crippen molar-refractivity contribution in [3.8, 4) is 0 Å². The van der Waals surface area contributed by atoms with Gasteiger partial charge >= 0.3 is 0 Å². The largest absolute Gasteiger partial charge is 0.388 e. The van der Waals surface area contributed by atoms with Gasteiger partial charge in [-0.05, 0) is 25.0 Å². The van der Waals surface area contributed by atoms with Gasteiger partial charge < -0.3 is 15.7 Å². The Kier molecular flexibility index (Phi) is 4.10. The Hall–Kier alpha value is -1.55. The number of aliphatic hydroxyl groups is 1. The lowest BCUT2D eigenvalue weighted by Gasteiger charge is -2.24. The van der Waals surface area contributed by atoms with Crippen molar-refractivity contribution in [2.24, 2.45) is 0 Å². The van der Waals surface area contributed by atoms with Crippen molar-refractivity contribution in [1.82, 2.24) is 5.32 Å². The fourth-order valence-electron chi connectivity index (χ4n) is 2.48. The van der Waals surface area contributed by atoms with Crippen LogP contribution in [0.1, 0.15) is 32.3 Å². The van der Waals surface area contributed by atoms with E-state index in [0.29, 0.717) is 19.4 Å². The highest BCUT2D eigenvalue weighted by molar-refractivity contribution is 5.87. The number of anilines is 1. The lowest BCUT2D eigenvalue weighted by Crippen LogP contribution is -2.46. The zero-order valence-corrected chi connectivity index (χ0v) is 11.6. The van der Waals surface area contributed by atoms with Gasteiger partial charge in [-0.2, -0.15) is 0 Å². The third kappa shape index (κ3) is 3.47. The minimum Gasteiger partial charge on any atom is -0.388 e. The first kappa shape index (κ1) is 13.9. The molecule has 1 aromatic carbocycles. The Morgan fingerprint density at radius 3 is 2.95 bits per heavy atom. The van der Waals surface area contributed by atoms with E-state index >= 15 is 0 Å². The molecule has 0 fully saturated rings. The minimum atomic E-state index is -0.824. The molecule has 104 valence electrons. The zero-order chi connectivity index (χ0) is 13.9. The van der Waals surface area contributed by atoms with Gasteiger partial charge in [-0.3, -0.25) is 4.79 Å². The van der Waals surface area contributed by atoms with Crippen molar-refractivity contribution in [3.05, 3.63) is 29.8 Å². The van der Waals surface area contributed by atoms with Crippen LogP contribution in [0.5, 0.6) is 0 Å². The molecule has 19 heavy (non-hydrogen) atoms. The van der Waals surface area contributed by atoms with Gasteiger partial charge in [-0.25, -0.2) is 0 Å². The molecular weight excluding hydrogens is 240 g/mol. The molecule has 1 aromatic rings. The van der Waals surface area contributed by atoms with Gasteiger partial charge in [-0.1, -0.05) is 31.5 Å². The van der Waals surface area contributed by atoms with E-state index in [1.807, 2.05) is 31.2 Å². The third-order valence-corrected chi connectivity index (χ3v) is 3.52. The predicted molar refractivity (Wildman–Crippen MR) is 76.1 cm³/mol. The Morgan fingerprint density at radius 1 is 1.53 bits per heavy atom. The highest BCUT2D eigenvalue weighted by Crippen LogP contribution is 2.25. The second-order valence-electron chi connectivity index (χ2n) is 5.52. The van der Waals surface area contributed by atoms with Crippen molar-refractivity contribution in [3.63, 3.8) is 0 Å². The fraction of sp³-hybridized carbons (Fsp3) is 0.533. The number of fused-ring (bicyclic) bond motifs is 1. The number of carbonyl (C=O) groups is 1. The van der Waals surface area contributed by atoms with E-state index in [1.165, 1.54) is 5.56 Å². The van der Waals surface area contributed by atoms with Crippen LogP contribution in [0.2, 0.25) is 0 Å². The number of nitrogens with one attached hydrogen (secondary N) is 2. The van der Waals surface area contributed by atoms with Crippen LogP contribution in [0.25, 0.3) is 0 Å². The number of para-hydroxylation sites is 1. The maximum Gasteiger partial charge on any atom is 0.242 e. The summed E-state index contributed by atoms with van der Waals surface area (Å²) in [4.78, 5) is 12.1. The topological polar surface area (TPSA) is 61.4 Å². The van der Waals surface area contributed by atoms with Gasteiger partial charge in [0.1, 0.15) is 6.04 Å². The molecule has 1 amide bonds. The molecule has 0 saturated heterocycles. The van der Waals surface area contributed by atoms with Gasteiger partial charge in [-0.15, -0.1) is 0 Å². The smallest absolute Gasteiger partial charge is 0.242 e. The molecule has 4 heteroatoms. The second-order valence-corrected chi connectivity index (χ2v) is 5.52. The molecule has 0 spiro atoms. The van der Waals surface area contributed by atoms with Crippen LogP contribution in [0.15, 0.2) is 24.3 Å². The summed E-state index contributed by atoms with van der Waals surface area (Å²) in [5.74, 6) is -0.0485. The van der Waals surface area contributed by atoms with E-state index in [0.717, 1.165) is 12.1 Å². The molecule has 3 N–H and O–H groups in total. The number of carbonyl (C=O) groups excluding carboxylic acids is 1. The van der Waals surface area contributed by atoms with E-state index in [-0.39, 0.29) is 11.9 Å². The highest BCUT2D eigenvalue weighted by atomic mass is 16.3. The normalized spacial score (nSPS) is 20.3. The van der Waals surface area contributed by atoms with Crippen molar-refractivity contribution < 1.29 is 9.90 Å². The van der Waals surface area contributed by atoms with Crippen LogP contribution in [-0.4, -0.2) is 29.2 Å². The van der Waals surface area contributed by atoms with E-state index < -0.39 is 5.60 Å². The van der Waals surface area contributed by atoms with Gasteiger partial charge in [0.25, 0.3) is 0 Å². The SMILES string of the molecule is CCCC(C)(O)CNC(=O)[C@@H]1Cc2ccccc2N1. The quantitative estimate of drug-likeness (QED) is 0.757. The number of rotatable bonds is 5. The average Bonchev–Trinajstić information content (AvgIpc) is 2.79. The van der Waals surface area contributed by atoms with Gasteiger partial charge in [0, 0.05) is 18.7 Å². The lowest BCUT2D eigenvalue weighted by molar-refractivity contribution is -0.122. The Balaban J connectivity index is 1.86. The van der Waals surface area contributed by atoms with Crippen LogP contribution in [0.4, 0.5) is 5.69 Å². The molecule has 1 unspecified atom stereocenters. The average molecular weight is 262 g/mol. The summed E-state index contributed by atoms with van der Waals surface area (Å²) in [5, 5.41) is 16.1. The van der Waals surface area contributed by atoms with E-state index in [9.17, 15) is 9.90 Å². The molecule has 1 aliphatic heterocycles. The summed E-state index contributed by atoms with van der Waals surface area (Å²) in [7, 11) is 0. The highest BCUT2D eigenvalue weighted by Gasteiger charge is 2.28. The standard InChI is InChI=1S/C15H22N2O2/c1-3-8-15(2,19)10-16-14(18)13-9-11-6-4-5-7-12(11)17-13/h4-7,13,17,19H,3,8-10H2,1-2H3,(H,16,18)/t13-,15?/m0/s1. The predicted octanol–water partition coefficient (Wildman–Crippen LogP) is 1.69. The monoisotopic (exact) mass is 262 g/mol. The third-order valence-electron chi connectivity index (χ3n) is 3.52. The molecule has 4 nitrogen and oxygen atoms in total. The van der Waals surface area contributed by atoms with Crippen molar-refractivity contribution >= 4 is 11.6 Å². The molecule has 1 aliphatic rings. The van der Waals surface area contributed by atoms with E-state index in [4.69, 9.17) is 0 Å². The maximum absolute atomic E-state index is 12.1. The molecule has 0 radical (unpaired) electrons. The maximum atomic E-state index is 12.1. The molecule has 0 aromatic heterocycles. The number of hydrogen-bond donors (Lipinski definition) is 3. The van der Waals surface area contributed by atoms with Crippen molar-refractivity contribution in [1.29, 1.82) is 0 Å². The van der Waals surface area contributed by atoms with Crippen LogP contribution >= 0.6 is 0 Å². The van der Waals surface area contributed by atoms with Gasteiger partial charge in [0.2, 0.25) is 5.91 Å². The van der Waals surface area contributed by atoms with Crippen LogP contribution in [0, 0.1) is 0 Å². The van der Waals surface area contributed by atoms with Crippen molar-refractivity contribution in [2.45, 2.75) is 44.8 Å². The summed E-state index contributed by atoms with van der Waals surface area (Å²) in [6.45, 7) is 4.08. The Labute approximate surface area is 114 Å². The first-order chi connectivity index (χ1) is 9.02. The molecular formula is C15H22N2O2. The van der Waals surface area contributed by atoms with Crippen LogP contribution in [-0.2, 0) is 11.2 Å². The summed E-state index contributed by atoms with van der Waals surface area (Å²) < 4.78 is 0. The molecule has 0 saturated carbocycles. The van der Waals surface area contributed by atoms with Crippen LogP contribution < -0.4 is 10.6 Å². The molecule has 2 atom stereocenters. The Morgan fingerprint density at radius 2 is 2.26 bits per heavy atom. The van der Waals surface area contributed by atoms with Gasteiger partial charge in [0.05, 0.1) is 5.60 Å². The van der Waals surface area contributed by atoms with E-state index in [1.54, 1.807) is 6.92 Å². The van der Waals surface area contributed by atoms with E-state index in [2.05, 4.69) is 10.6 Å². The van der Waals surface area contributed by atoms with Crippen LogP contribution in [0.3, 0.4) is 0 Å². The number of benzene rings is 1. The van der Waals surface area contributed by atoms with Gasteiger partial charge in [0.15, 0.2) is 0 Å². The molecule has 0 bridgehead atoms. The minimum absolute atomic E-state index is 0.0485. The molecule has 1 heterocycles. The first-order valence-electron chi connectivity index (χ1n) is 6.86. The second kappa shape index (κ2) is 5.61. The first-order valence-corrected chi connectivity index (χ1v) is 6.86. The summed E-state index contributed by atoms with van der Waals surface area (Å²) in [6.07, 6.45) is 2.29. The lowest BCUT2D eigenvalue weighted by atomic mass is 10.0. The number of hydrogen-bond acceptors (Lipinski definition) is 3. The number of amides is 1. The molecule has 2 rings (SSSR count). The Bertz CT molecular complexity index is 432.